The molecule has 17 heavy (non-hydrogen) atoms. The van der Waals surface area contributed by atoms with Gasteiger partial charge < -0.3 is 10.1 Å². The number of alkyl halides is 3. The molecule has 0 aromatic heterocycles. The molecule has 0 heterocycles. The lowest BCUT2D eigenvalue weighted by Gasteiger charge is -2.09. The van der Waals surface area contributed by atoms with Crippen LogP contribution in [-0.4, -0.2) is 25.8 Å². The second-order valence-corrected chi connectivity index (χ2v) is 3.47. The first-order valence-corrected chi connectivity index (χ1v) is 4.86. The van der Waals surface area contributed by atoms with E-state index in [1.807, 2.05) is 0 Å². The van der Waals surface area contributed by atoms with Crippen LogP contribution in [0, 0.1) is 6.92 Å². The Morgan fingerprint density at radius 3 is 2.53 bits per heavy atom. The summed E-state index contributed by atoms with van der Waals surface area (Å²) in [5.41, 5.74) is 1.66. The van der Waals surface area contributed by atoms with Crippen LogP contribution in [0.15, 0.2) is 18.2 Å². The number of anilines is 1. The van der Waals surface area contributed by atoms with Gasteiger partial charge in [-0.3, -0.25) is 0 Å². The van der Waals surface area contributed by atoms with Crippen LogP contribution in [0.3, 0.4) is 0 Å². The van der Waals surface area contributed by atoms with Crippen molar-refractivity contribution in [1.29, 1.82) is 0 Å². The smallest absolute Gasteiger partial charge is 0.422 e. The summed E-state index contributed by atoms with van der Waals surface area (Å²) in [6, 6.07) is 4.50. The summed E-state index contributed by atoms with van der Waals surface area (Å²) in [6.45, 7) is 0.172. The molecule has 0 bridgehead atoms. The van der Waals surface area contributed by atoms with E-state index in [-0.39, 0.29) is 5.56 Å². The van der Waals surface area contributed by atoms with Crippen LogP contribution in [0.2, 0.25) is 0 Å². The molecule has 94 valence electrons. The maximum atomic E-state index is 11.8. The topological polar surface area (TPSA) is 38.3 Å². The molecule has 6 heteroatoms. The van der Waals surface area contributed by atoms with Gasteiger partial charge in [0.1, 0.15) is 0 Å². The lowest BCUT2D eigenvalue weighted by atomic mass is 10.1. The molecule has 0 aliphatic carbocycles. The Bertz CT molecular complexity index is 416. The van der Waals surface area contributed by atoms with Crippen molar-refractivity contribution in [2.75, 3.05) is 19.0 Å². The van der Waals surface area contributed by atoms with Crippen LogP contribution in [0.1, 0.15) is 15.9 Å². The van der Waals surface area contributed by atoms with E-state index >= 15 is 0 Å². The van der Waals surface area contributed by atoms with Gasteiger partial charge in [-0.25, -0.2) is 4.79 Å². The summed E-state index contributed by atoms with van der Waals surface area (Å²) in [7, 11) is 1.71. The molecule has 0 aliphatic rings. The second-order valence-electron chi connectivity index (χ2n) is 3.47. The first-order valence-electron chi connectivity index (χ1n) is 4.86. The molecule has 1 aromatic carbocycles. The number of esters is 1. The number of rotatable bonds is 3. The number of hydrogen-bond acceptors (Lipinski definition) is 3. The number of hydrogen-bond donors (Lipinski definition) is 1. The van der Waals surface area contributed by atoms with Crippen molar-refractivity contribution in [2.45, 2.75) is 13.1 Å². The second kappa shape index (κ2) is 5.07. The Hall–Kier alpha value is -1.72. The van der Waals surface area contributed by atoms with Crippen LogP contribution in [0.25, 0.3) is 0 Å². The minimum absolute atomic E-state index is 0.103. The summed E-state index contributed by atoms with van der Waals surface area (Å²) in [4.78, 5) is 11.3. The van der Waals surface area contributed by atoms with E-state index in [9.17, 15) is 18.0 Å². The molecular weight excluding hydrogens is 235 g/mol. The Labute approximate surface area is 96.6 Å². The predicted molar refractivity (Wildman–Crippen MR) is 57.1 cm³/mol. The molecule has 0 unspecified atom stereocenters. The Balaban J connectivity index is 2.73. The van der Waals surface area contributed by atoms with Crippen molar-refractivity contribution in [3.05, 3.63) is 29.3 Å². The van der Waals surface area contributed by atoms with E-state index in [1.54, 1.807) is 20.0 Å². The van der Waals surface area contributed by atoms with E-state index in [0.717, 1.165) is 11.3 Å². The van der Waals surface area contributed by atoms with Gasteiger partial charge >= 0.3 is 12.1 Å². The minimum Gasteiger partial charge on any atom is -0.452 e. The van der Waals surface area contributed by atoms with Gasteiger partial charge in [-0.05, 0) is 30.7 Å². The lowest BCUT2D eigenvalue weighted by Crippen LogP contribution is -2.20. The van der Waals surface area contributed by atoms with Gasteiger partial charge in [-0.1, -0.05) is 0 Å². The van der Waals surface area contributed by atoms with Crippen LogP contribution >= 0.6 is 0 Å². The van der Waals surface area contributed by atoms with Crippen LogP contribution < -0.4 is 5.32 Å². The highest BCUT2D eigenvalue weighted by Gasteiger charge is 2.29. The average molecular weight is 247 g/mol. The van der Waals surface area contributed by atoms with Crippen LogP contribution in [-0.2, 0) is 4.74 Å². The third-order valence-corrected chi connectivity index (χ3v) is 2.10. The van der Waals surface area contributed by atoms with Crippen molar-refractivity contribution in [1.82, 2.24) is 0 Å². The highest BCUT2D eigenvalue weighted by Crippen LogP contribution is 2.18. The fraction of sp³-hybridized carbons (Fsp3) is 0.364. The third kappa shape index (κ3) is 3.97. The van der Waals surface area contributed by atoms with Crippen molar-refractivity contribution < 1.29 is 22.7 Å². The zero-order chi connectivity index (χ0) is 13.1. The fourth-order valence-corrected chi connectivity index (χ4v) is 1.30. The molecule has 0 spiro atoms. The number of ether oxygens (including phenoxy) is 1. The van der Waals surface area contributed by atoms with Crippen LogP contribution in [0.4, 0.5) is 18.9 Å². The summed E-state index contributed by atoms with van der Waals surface area (Å²) in [6.07, 6.45) is -4.50. The Morgan fingerprint density at radius 1 is 1.41 bits per heavy atom. The normalized spacial score (nSPS) is 11.1. The van der Waals surface area contributed by atoms with Gasteiger partial charge in [-0.2, -0.15) is 13.2 Å². The molecule has 1 N–H and O–H groups in total. The molecule has 0 fully saturated rings. The monoisotopic (exact) mass is 247 g/mol. The molecule has 3 nitrogen and oxygen atoms in total. The van der Waals surface area contributed by atoms with Crippen LogP contribution in [0.5, 0.6) is 0 Å². The van der Waals surface area contributed by atoms with Gasteiger partial charge in [0.2, 0.25) is 0 Å². The van der Waals surface area contributed by atoms with Crippen molar-refractivity contribution in [3.8, 4) is 0 Å². The van der Waals surface area contributed by atoms with E-state index in [0.29, 0.717) is 0 Å². The number of nitrogens with one attached hydrogen (secondary N) is 1. The molecular formula is C11H12F3NO2. The first kappa shape index (κ1) is 13.3. The van der Waals surface area contributed by atoms with Crippen molar-refractivity contribution >= 4 is 11.7 Å². The Morgan fingerprint density at radius 2 is 2.06 bits per heavy atom. The number of carbonyl (C=O) groups excluding carboxylic acids is 1. The van der Waals surface area contributed by atoms with E-state index in [4.69, 9.17) is 0 Å². The quantitative estimate of drug-likeness (QED) is 0.834. The van der Waals surface area contributed by atoms with Gasteiger partial charge in [0, 0.05) is 12.7 Å². The van der Waals surface area contributed by atoms with Crippen molar-refractivity contribution in [3.63, 3.8) is 0 Å². The third-order valence-electron chi connectivity index (χ3n) is 2.10. The molecule has 1 aromatic rings. The molecule has 1 rings (SSSR count). The maximum Gasteiger partial charge on any atom is 0.422 e. The van der Waals surface area contributed by atoms with Gasteiger partial charge in [0.05, 0.1) is 5.56 Å². The highest BCUT2D eigenvalue weighted by molar-refractivity contribution is 5.90. The minimum atomic E-state index is -4.50. The number of halogens is 3. The Kier molecular flexibility index (Phi) is 3.98. The molecule has 0 aliphatic heterocycles. The van der Waals surface area contributed by atoms with E-state index in [1.165, 1.54) is 12.1 Å². The zero-order valence-corrected chi connectivity index (χ0v) is 9.39. The first-order chi connectivity index (χ1) is 7.83. The zero-order valence-electron chi connectivity index (χ0n) is 9.39. The predicted octanol–water partition coefficient (Wildman–Crippen LogP) is 2.76. The molecule has 0 amide bonds. The maximum absolute atomic E-state index is 11.8. The standard InChI is InChI=1S/C11H12F3NO2/c1-7-5-8(3-4-9(7)15-2)10(16)17-6-11(12,13)14/h3-5,15H,6H2,1-2H3. The van der Waals surface area contributed by atoms with Gasteiger partial charge in [-0.15, -0.1) is 0 Å². The summed E-state index contributed by atoms with van der Waals surface area (Å²) in [5, 5.41) is 2.89. The highest BCUT2D eigenvalue weighted by atomic mass is 19.4. The average Bonchev–Trinajstić information content (AvgIpc) is 2.24. The molecule has 0 saturated carbocycles. The molecule has 0 radical (unpaired) electrons. The molecule has 0 saturated heterocycles. The summed E-state index contributed by atoms with van der Waals surface area (Å²) < 4.78 is 39.7. The summed E-state index contributed by atoms with van der Waals surface area (Å²) >= 11 is 0. The lowest BCUT2D eigenvalue weighted by molar-refractivity contribution is -0.161. The number of benzene rings is 1. The van der Waals surface area contributed by atoms with Crippen molar-refractivity contribution in [2.24, 2.45) is 0 Å². The number of aryl methyl sites for hydroxylation is 1. The van der Waals surface area contributed by atoms with E-state index in [2.05, 4.69) is 10.1 Å². The number of carbonyl (C=O) groups is 1. The SMILES string of the molecule is CNc1ccc(C(=O)OCC(F)(F)F)cc1C. The van der Waals surface area contributed by atoms with E-state index < -0.39 is 18.8 Å². The fourth-order valence-electron chi connectivity index (χ4n) is 1.30. The summed E-state index contributed by atoms with van der Waals surface area (Å²) in [5.74, 6) is -0.979. The van der Waals surface area contributed by atoms with Gasteiger partial charge in [0.25, 0.3) is 0 Å². The largest absolute Gasteiger partial charge is 0.452 e. The molecule has 0 atom stereocenters. The van der Waals surface area contributed by atoms with Gasteiger partial charge in [0.15, 0.2) is 6.61 Å².